The monoisotopic (exact) mass is 185 g/mol. The highest BCUT2D eigenvalue weighted by atomic mass is 28.3. The molecule has 0 bridgehead atoms. The lowest BCUT2D eigenvalue weighted by Gasteiger charge is -1.97. The molecule has 0 heterocycles. The van der Waals surface area contributed by atoms with Crippen molar-refractivity contribution in [3.8, 4) is 0 Å². The molecule has 1 atom stereocenters. The molecule has 2 heteroatoms. The molecule has 0 aromatic carbocycles. The van der Waals surface area contributed by atoms with E-state index in [1.54, 1.807) is 0 Å². The highest BCUT2D eigenvalue weighted by Gasteiger charge is 1.98. The van der Waals surface area contributed by atoms with Crippen molar-refractivity contribution in [3.05, 3.63) is 12.2 Å². The predicted octanol–water partition coefficient (Wildman–Crippen LogP) is 3.30. The van der Waals surface area contributed by atoms with E-state index in [1.165, 1.54) is 25.7 Å². The normalized spacial score (nSPS) is 13.9. The largest absolute Gasteiger partial charge is 0.302 e. The summed E-state index contributed by atoms with van der Waals surface area (Å²) in [6, 6.07) is 0.974. The lowest BCUT2D eigenvalue weighted by molar-refractivity contribution is 0.449. The third-order valence-electron chi connectivity index (χ3n) is 1.85. The Kier molecular flexibility index (Phi) is 8.95. The number of unbranched alkanes of at least 4 members (excludes halogenated alkanes) is 3. The summed E-state index contributed by atoms with van der Waals surface area (Å²) in [6.45, 7) is 4.07. The van der Waals surface area contributed by atoms with Crippen LogP contribution in [-0.2, 0) is 4.80 Å². The molecule has 0 aliphatic rings. The van der Waals surface area contributed by atoms with Gasteiger partial charge in [-0.15, -0.1) is 0 Å². The number of hydrogen-bond acceptors (Lipinski definition) is 0. The molecule has 0 aromatic heterocycles. The number of hydrogen-bond donors (Lipinski definition) is 0. The Hall–Kier alpha value is -0.0831. The van der Waals surface area contributed by atoms with E-state index in [0.717, 1.165) is 12.5 Å². The molecule has 0 N–H and O–H groups in total. The smallest absolute Gasteiger partial charge is 0.219 e. The topological polar surface area (TPSA) is 19.9 Å². The first-order valence-electron chi connectivity index (χ1n) is 5.08. The van der Waals surface area contributed by atoms with E-state index in [9.17, 15) is 4.80 Å². The van der Waals surface area contributed by atoms with Crippen LogP contribution in [0.5, 0.6) is 0 Å². The second-order valence-electron chi connectivity index (χ2n) is 3.36. The molecule has 0 aromatic rings. The van der Waals surface area contributed by atoms with Crippen molar-refractivity contribution >= 4 is 9.04 Å². The first kappa shape index (κ1) is 11.9. The Morgan fingerprint density at radius 3 is 2.42 bits per heavy atom. The quantitative estimate of drug-likeness (QED) is 0.329. The van der Waals surface area contributed by atoms with Crippen molar-refractivity contribution in [3.63, 3.8) is 0 Å². The summed E-state index contributed by atoms with van der Waals surface area (Å²) in [5, 5.41) is 0. The van der Waals surface area contributed by atoms with Crippen molar-refractivity contribution in [2.24, 2.45) is 0 Å². The van der Waals surface area contributed by atoms with Gasteiger partial charge < -0.3 is 4.80 Å². The number of allylic oxidation sites excluding steroid dienone is 2. The maximum Gasteiger partial charge on any atom is 0.219 e. The van der Waals surface area contributed by atoms with Crippen molar-refractivity contribution in [2.45, 2.75) is 51.6 Å². The summed E-state index contributed by atoms with van der Waals surface area (Å²) in [4.78, 5) is 10.8. The van der Waals surface area contributed by atoms with Crippen LogP contribution in [0.4, 0.5) is 0 Å². The second kappa shape index (κ2) is 9.01. The summed E-state index contributed by atoms with van der Waals surface area (Å²) in [6.07, 6.45) is 10.5. The molecule has 0 amide bonds. The highest BCUT2D eigenvalue weighted by Crippen LogP contribution is 2.04. The van der Waals surface area contributed by atoms with Gasteiger partial charge in [0.1, 0.15) is 0 Å². The zero-order valence-electron chi connectivity index (χ0n) is 8.38. The lowest BCUT2D eigenvalue weighted by Crippen LogP contribution is -2.00. The first-order chi connectivity index (χ1) is 5.77. The Morgan fingerprint density at radius 2 is 1.83 bits per heavy atom. The third kappa shape index (κ3) is 9.92. The van der Waals surface area contributed by atoms with Gasteiger partial charge >= 0.3 is 0 Å². The van der Waals surface area contributed by atoms with Crippen LogP contribution in [0.15, 0.2) is 12.2 Å². The average molecular weight is 185 g/mol. The molecule has 0 saturated carbocycles. The molecular formula is C10H21OSi. The minimum absolute atomic E-state index is 0.974. The van der Waals surface area contributed by atoms with Gasteiger partial charge in [0, 0.05) is 0 Å². The van der Waals surface area contributed by atoms with E-state index in [0.29, 0.717) is 0 Å². The second-order valence-corrected chi connectivity index (χ2v) is 5.55. The van der Waals surface area contributed by atoms with Gasteiger partial charge in [0.25, 0.3) is 0 Å². The fourth-order valence-electron chi connectivity index (χ4n) is 1.10. The molecule has 12 heavy (non-hydrogen) atoms. The molecule has 0 saturated heterocycles. The van der Waals surface area contributed by atoms with E-state index in [2.05, 4.69) is 19.1 Å². The molecule has 0 spiro atoms. The Balaban J connectivity index is 3.00. The van der Waals surface area contributed by atoms with E-state index in [1.807, 2.05) is 6.55 Å². The van der Waals surface area contributed by atoms with E-state index >= 15 is 0 Å². The van der Waals surface area contributed by atoms with Crippen LogP contribution in [0.25, 0.3) is 0 Å². The Labute approximate surface area is 78.2 Å². The predicted molar refractivity (Wildman–Crippen MR) is 56.4 cm³/mol. The van der Waals surface area contributed by atoms with Crippen LogP contribution in [0.2, 0.25) is 12.6 Å². The summed E-state index contributed by atoms with van der Waals surface area (Å²) in [5.74, 6) is 0. The summed E-state index contributed by atoms with van der Waals surface area (Å²) in [5.41, 5.74) is 0. The van der Waals surface area contributed by atoms with Crippen LogP contribution in [0.3, 0.4) is 0 Å². The van der Waals surface area contributed by atoms with E-state index in [-0.39, 0.29) is 0 Å². The minimum atomic E-state index is -1.51. The van der Waals surface area contributed by atoms with Crippen molar-refractivity contribution in [2.75, 3.05) is 0 Å². The van der Waals surface area contributed by atoms with Gasteiger partial charge in [0.15, 0.2) is 0 Å². The molecule has 1 radical (unpaired) electrons. The lowest BCUT2D eigenvalue weighted by atomic mass is 10.2. The third-order valence-corrected chi connectivity index (χ3v) is 3.07. The van der Waals surface area contributed by atoms with Gasteiger partial charge in [0.2, 0.25) is 9.04 Å². The number of rotatable bonds is 7. The molecule has 71 valence electrons. The van der Waals surface area contributed by atoms with Crippen molar-refractivity contribution in [1.29, 1.82) is 0 Å². The van der Waals surface area contributed by atoms with Gasteiger partial charge in [0.05, 0.1) is 0 Å². The van der Waals surface area contributed by atoms with Gasteiger partial charge in [-0.2, -0.15) is 0 Å². The SMILES string of the molecule is CCCC=CCCCC[SiH](C)[O]. The van der Waals surface area contributed by atoms with Gasteiger partial charge in [-0.1, -0.05) is 38.3 Å². The molecule has 1 unspecified atom stereocenters. The Morgan fingerprint density at radius 1 is 1.17 bits per heavy atom. The van der Waals surface area contributed by atoms with Crippen LogP contribution in [0, 0.1) is 0 Å². The van der Waals surface area contributed by atoms with Crippen molar-refractivity contribution < 1.29 is 4.80 Å². The van der Waals surface area contributed by atoms with Crippen LogP contribution >= 0.6 is 0 Å². The van der Waals surface area contributed by atoms with Crippen LogP contribution < -0.4 is 0 Å². The van der Waals surface area contributed by atoms with Gasteiger partial charge in [-0.05, 0) is 25.4 Å². The van der Waals surface area contributed by atoms with Gasteiger partial charge in [-0.3, -0.25) is 0 Å². The molecule has 1 nitrogen and oxygen atoms in total. The maximum atomic E-state index is 10.8. The maximum absolute atomic E-state index is 10.8. The zero-order valence-corrected chi connectivity index (χ0v) is 9.54. The standard InChI is InChI=1S/C10H21OSi/c1-3-4-5-6-7-8-9-10-12(2)11/h5-6,12H,3-4,7-10H2,1-2H3. The zero-order chi connectivity index (χ0) is 9.23. The fourth-order valence-corrected chi connectivity index (χ4v) is 1.96. The molecule has 0 rings (SSSR count). The highest BCUT2D eigenvalue weighted by molar-refractivity contribution is 6.48. The molecule has 0 fully saturated rings. The van der Waals surface area contributed by atoms with E-state index in [4.69, 9.17) is 0 Å². The summed E-state index contributed by atoms with van der Waals surface area (Å²) < 4.78 is 0. The summed E-state index contributed by atoms with van der Waals surface area (Å²) >= 11 is 0. The fraction of sp³-hybridized carbons (Fsp3) is 0.800. The molecular weight excluding hydrogens is 164 g/mol. The van der Waals surface area contributed by atoms with E-state index < -0.39 is 9.04 Å². The Bertz CT molecular complexity index is 110. The van der Waals surface area contributed by atoms with Crippen LogP contribution in [-0.4, -0.2) is 9.04 Å². The minimum Gasteiger partial charge on any atom is -0.302 e. The van der Waals surface area contributed by atoms with Crippen molar-refractivity contribution in [1.82, 2.24) is 0 Å². The molecule has 0 aliphatic carbocycles. The average Bonchev–Trinajstić information content (AvgIpc) is 2.02. The van der Waals surface area contributed by atoms with Crippen LogP contribution in [0.1, 0.15) is 39.0 Å². The van der Waals surface area contributed by atoms with Gasteiger partial charge in [-0.25, -0.2) is 0 Å². The first-order valence-corrected chi connectivity index (χ1v) is 7.52. The molecule has 0 aliphatic heterocycles. The summed E-state index contributed by atoms with van der Waals surface area (Å²) in [7, 11) is -1.51.